The van der Waals surface area contributed by atoms with E-state index in [0.717, 1.165) is 32.1 Å². The van der Waals surface area contributed by atoms with Gasteiger partial charge in [0, 0.05) is 11.5 Å². The fraction of sp³-hybridized carbons (Fsp3) is 0.765. The Bertz CT molecular complexity index is 491. The average molecular weight is 292 g/mol. The summed E-state index contributed by atoms with van der Waals surface area (Å²) in [6.07, 6.45) is 6.53. The monoisotopic (exact) mass is 292 g/mol. The van der Waals surface area contributed by atoms with Crippen molar-refractivity contribution in [1.29, 1.82) is 0 Å². The number of rotatable bonds is 4. The molecule has 0 heterocycles. The number of hydrogen-bond acceptors (Lipinski definition) is 3. The second kappa shape index (κ2) is 4.34. The number of hydrogen-bond donors (Lipinski definition) is 1. The number of carbonyl (C=O) groups is 2. The zero-order valence-electron chi connectivity index (χ0n) is 12.9. The summed E-state index contributed by atoms with van der Waals surface area (Å²) in [6, 6.07) is 0. The van der Waals surface area contributed by atoms with Gasteiger partial charge in [0.15, 0.2) is 0 Å². The van der Waals surface area contributed by atoms with Crippen molar-refractivity contribution in [3.05, 3.63) is 12.7 Å². The van der Waals surface area contributed by atoms with Crippen LogP contribution in [0.3, 0.4) is 0 Å². The van der Waals surface area contributed by atoms with Crippen LogP contribution in [0.25, 0.3) is 0 Å². The third-order valence-corrected chi connectivity index (χ3v) is 6.31. The van der Waals surface area contributed by atoms with Crippen LogP contribution in [0.4, 0.5) is 0 Å². The van der Waals surface area contributed by atoms with Gasteiger partial charge in [-0.25, -0.2) is 4.79 Å². The van der Waals surface area contributed by atoms with E-state index in [4.69, 9.17) is 4.74 Å². The highest BCUT2D eigenvalue weighted by molar-refractivity contribution is 5.81. The Morgan fingerprint density at radius 3 is 2.29 bits per heavy atom. The molecule has 4 aliphatic rings. The van der Waals surface area contributed by atoms with Gasteiger partial charge >= 0.3 is 11.9 Å². The SMILES string of the molecule is C=CC(=O)OC(C)(C)C12CC3CC(CC(C(=O)O)(C3)C1)C2. The van der Waals surface area contributed by atoms with Gasteiger partial charge in [-0.3, -0.25) is 4.79 Å². The zero-order valence-corrected chi connectivity index (χ0v) is 12.9. The highest BCUT2D eigenvalue weighted by Gasteiger charge is 2.65. The van der Waals surface area contributed by atoms with Gasteiger partial charge in [-0.2, -0.15) is 0 Å². The molecule has 0 aromatic carbocycles. The predicted molar refractivity (Wildman–Crippen MR) is 77.6 cm³/mol. The van der Waals surface area contributed by atoms with Crippen molar-refractivity contribution >= 4 is 11.9 Å². The Morgan fingerprint density at radius 2 is 1.81 bits per heavy atom. The van der Waals surface area contributed by atoms with Crippen molar-refractivity contribution < 1.29 is 19.4 Å². The van der Waals surface area contributed by atoms with E-state index in [-0.39, 0.29) is 5.41 Å². The molecule has 116 valence electrons. The van der Waals surface area contributed by atoms with Crippen LogP contribution in [0.1, 0.15) is 52.4 Å². The number of ether oxygens (including phenoxy) is 1. The summed E-state index contributed by atoms with van der Waals surface area (Å²) in [5, 5.41) is 9.76. The van der Waals surface area contributed by atoms with Gasteiger partial charge in [-0.1, -0.05) is 6.58 Å². The van der Waals surface area contributed by atoms with E-state index in [0.29, 0.717) is 18.3 Å². The third-order valence-electron chi connectivity index (χ3n) is 6.31. The van der Waals surface area contributed by atoms with Crippen LogP contribution in [0.5, 0.6) is 0 Å². The number of esters is 1. The molecule has 4 rings (SSSR count). The molecule has 0 saturated heterocycles. The molecule has 4 nitrogen and oxygen atoms in total. The fourth-order valence-electron chi connectivity index (χ4n) is 5.62. The number of carboxylic acid groups (broad SMARTS) is 1. The number of carboxylic acids is 1. The second-order valence-electron chi connectivity index (χ2n) is 7.96. The van der Waals surface area contributed by atoms with Gasteiger partial charge in [-0.15, -0.1) is 0 Å². The lowest BCUT2D eigenvalue weighted by atomic mass is 9.41. The summed E-state index contributed by atoms with van der Waals surface area (Å²) in [5.41, 5.74) is -1.44. The summed E-state index contributed by atoms with van der Waals surface area (Å²) < 4.78 is 5.65. The van der Waals surface area contributed by atoms with Crippen LogP contribution >= 0.6 is 0 Å². The van der Waals surface area contributed by atoms with Crippen LogP contribution in [0, 0.1) is 22.7 Å². The van der Waals surface area contributed by atoms with Gasteiger partial charge < -0.3 is 9.84 Å². The largest absolute Gasteiger partial charge is 0.481 e. The maximum atomic E-state index is 11.9. The lowest BCUT2D eigenvalue weighted by molar-refractivity contribution is -0.216. The van der Waals surface area contributed by atoms with Crippen molar-refractivity contribution in [2.24, 2.45) is 22.7 Å². The smallest absolute Gasteiger partial charge is 0.330 e. The van der Waals surface area contributed by atoms with Crippen LogP contribution in [-0.2, 0) is 14.3 Å². The van der Waals surface area contributed by atoms with Crippen LogP contribution in [-0.4, -0.2) is 22.6 Å². The Balaban J connectivity index is 1.96. The van der Waals surface area contributed by atoms with E-state index >= 15 is 0 Å². The first-order valence-electron chi connectivity index (χ1n) is 7.81. The second-order valence-corrected chi connectivity index (χ2v) is 7.96. The molecule has 2 unspecified atom stereocenters. The minimum Gasteiger partial charge on any atom is -0.481 e. The van der Waals surface area contributed by atoms with Gasteiger partial charge in [-0.05, 0) is 64.2 Å². The van der Waals surface area contributed by atoms with Crippen molar-refractivity contribution in [2.45, 2.75) is 58.0 Å². The molecule has 0 aliphatic heterocycles. The minimum absolute atomic E-state index is 0.200. The van der Waals surface area contributed by atoms with Gasteiger partial charge in [0.2, 0.25) is 0 Å². The molecule has 0 radical (unpaired) electrons. The van der Waals surface area contributed by atoms with Crippen LogP contribution in [0.2, 0.25) is 0 Å². The van der Waals surface area contributed by atoms with E-state index in [1.54, 1.807) is 0 Å². The summed E-state index contributed by atoms with van der Waals surface area (Å²) in [4.78, 5) is 23.6. The maximum Gasteiger partial charge on any atom is 0.330 e. The molecule has 21 heavy (non-hydrogen) atoms. The van der Waals surface area contributed by atoms with Gasteiger partial charge in [0.25, 0.3) is 0 Å². The number of carbonyl (C=O) groups excluding carboxylic acids is 1. The normalized spacial score (nSPS) is 40.9. The molecule has 0 amide bonds. The summed E-state index contributed by atoms with van der Waals surface area (Å²) >= 11 is 0. The first kappa shape index (κ1) is 14.6. The average Bonchev–Trinajstić information content (AvgIpc) is 2.36. The molecule has 2 atom stereocenters. The molecule has 0 aromatic rings. The van der Waals surface area contributed by atoms with E-state index in [1.807, 2.05) is 13.8 Å². The highest BCUT2D eigenvalue weighted by Crippen LogP contribution is 2.68. The summed E-state index contributed by atoms with van der Waals surface area (Å²) in [5.74, 6) is -0.153. The van der Waals surface area contributed by atoms with Gasteiger partial charge in [0.05, 0.1) is 5.41 Å². The Labute approximate surface area is 125 Å². The predicted octanol–water partition coefficient (Wildman–Crippen LogP) is 3.17. The molecule has 4 bridgehead atoms. The lowest BCUT2D eigenvalue weighted by Crippen LogP contribution is -2.62. The molecule has 0 spiro atoms. The molecule has 0 aromatic heterocycles. The molecule has 1 N–H and O–H groups in total. The van der Waals surface area contributed by atoms with E-state index < -0.39 is 23.0 Å². The van der Waals surface area contributed by atoms with Crippen molar-refractivity contribution in [3.63, 3.8) is 0 Å². The van der Waals surface area contributed by atoms with Crippen molar-refractivity contribution in [3.8, 4) is 0 Å². The molecule has 4 saturated carbocycles. The third kappa shape index (κ3) is 2.02. The quantitative estimate of drug-likeness (QED) is 0.638. The first-order chi connectivity index (χ1) is 9.72. The first-order valence-corrected chi connectivity index (χ1v) is 7.81. The van der Waals surface area contributed by atoms with E-state index in [1.165, 1.54) is 6.08 Å². The molecular formula is C17H24O4. The maximum absolute atomic E-state index is 11.9. The fourth-order valence-corrected chi connectivity index (χ4v) is 5.62. The Morgan fingerprint density at radius 1 is 1.24 bits per heavy atom. The van der Waals surface area contributed by atoms with Crippen molar-refractivity contribution in [2.75, 3.05) is 0 Å². The van der Waals surface area contributed by atoms with Gasteiger partial charge in [0.1, 0.15) is 5.60 Å². The standard InChI is InChI=1S/C17H24O4/c1-4-13(18)21-15(2,3)17-8-11-5-12(9-17)7-16(6-11,10-17)14(19)20/h4,11-12H,1,5-10H2,2-3H3,(H,19,20). The topological polar surface area (TPSA) is 63.6 Å². The van der Waals surface area contributed by atoms with E-state index in [2.05, 4.69) is 6.58 Å². The van der Waals surface area contributed by atoms with Crippen molar-refractivity contribution in [1.82, 2.24) is 0 Å². The summed E-state index contributed by atoms with van der Waals surface area (Å²) in [6.45, 7) is 7.35. The minimum atomic E-state index is -0.660. The molecular weight excluding hydrogens is 268 g/mol. The molecule has 4 heteroatoms. The zero-order chi connectivity index (χ0) is 15.5. The highest BCUT2D eigenvalue weighted by atomic mass is 16.6. The Kier molecular flexibility index (Phi) is 3.02. The van der Waals surface area contributed by atoms with Crippen LogP contribution < -0.4 is 0 Å². The summed E-state index contributed by atoms with van der Waals surface area (Å²) in [7, 11) is 0. The molecule has 4 aliphatic carbocycles. The molecule has 4 fully saturated rings. The van der Waals surface area contributed by atoms with Crippen LogP contribution in [0.15, 0.2) is 12.7 Å². The Hall–Kier alpha value is -1.32. The van der Waals surface area contributed by atoms with E-state index in [9.17, 15) is 14.7 Å². The number of aliphatic carboxylic acids is 1. The lowest BCUT2D eigenvalue weighted by Gasteiger charge is -2.64.